The van der Waals surface area contributed by atoms with Crippen molar-refractivity contribution < 1.29 is 9.21 Å². The number of amides is 1. The summed E-state index contributed by atoms with van der Waals surface area (Å²) >= 11 is 0. The van der Waals surface area contributed by atoms with Crippen LogP contribution < -0.4 is 10.6 Å². The Bertz CT molecular complexity index is 808. The lowest BCUT2D eigenvalue weighted by Crippen LogP contribution is -2.51. The lowest BCUT2D eigenvalue weighted by Gasteiger charge is -2.35. The molecule has 3 rings (SSSR count). The number of hydrogen-bond acceptors (Lipinski definition) is 3. The zero-order valence-corrected chi connectivity index (χ0v) is 19.6. The molecule has 1 aromatic heterocycles. The fourth-order valence-electron chi connectivity index (χ4n) is 4.19. The summed E-state index contributed by atoms with van der Waals surface area (Å²) in [6.07, 6.45) is 7.17. The SMILES string of the molecule is CCC(CC)C(=O)N1CCC(NC(=NCCc2ccco2)NCCc2ccccc2)CC1. The maximum atomic E-state index is 12.7. The third-order valence-corrected chi connectivity index (χ3v) is 6.24. The van der Waals surface area contributed by atoms with Crippen LogP contribution in [0.25, 0.3) is 0 Å². The van der Waals surface area contributed by atoms with Crippen LogP contribution in [-0.4, -0.2) is 49.0 Å². The molecule has 0 spiro atoms. The van der Waals surface area contributed by atoms with Crippen LogP contribution in [0.3, 0.4) is 0 Å². The van der Waals surface area contributed by atoms with Gasteiger partial charge in [0.2, 0.25) is 5.91 Å². The average Bonchev–Trinajstić information content (AvgIpc) is 3.34. The van der Waals surface area contributed by atoms with E-state index in [4.69, 9.17) is 9.41 Å². The normalized spacial score (nSPS) is 15.2. The molecule has 1 saturated heterocycles. The lowest BCUT2D eigenvalue weighted by molar-refractivity contribution is -0.136. The van der Waals surface area contributed by atoms with Gasteiger partial charge in [0.15, 0.2) is 5.96 Å². The van der Waals surface area contributed by atoms with Gasteiger partial charge in [0, 0.05) is 44.6 Å². The van der Waals surface area contributed by atoms with E-state index in [9.17, 15) is 4.79 Å². The van der Waals surface area contributed by atoms with E-state index in [0.717, 1.165) is 69.9 Å². The Morgan fingerprint density at radius 1 is 1.09 bits per heavy atom. The third kappa shape index (κ3) is 7.43. The van der Waals surface area contributed by atoms with Gasteiger partial charge in [-0.3, -0.25) is 9.79 Å². The van der Waals surface area contributed by atoms with Crippen LogP contribution in [0, 0.1) is 5.92 Å². The predicted molar refractivity (Wildman–Crippen MR) is 130 cm³/mol. The van der Waals surface area contributed by atoms with Crippen LogP contribution in [-0.2, 0) is 17.6 Å². The van der Waals surface area contributed by atoms with E-state index in [1.165, 1.54) is 5.56 Å². The van der Waals surface area contributed by atoms with E-state index in [1.807, 2.05) is 23.1 Å². The van der Waals surface area contributed by atoms with Crippen LogP contribution in [0.5, 0.6) is 0 Å². The summed E-state index contributed by atoms with van der Waals surface area (Å²) in [7, 11) is 0. The van der Waals surface area contributed by atoms with Crippen molar-refractivity contribution in [1.29, 1.82) is 0 Å². The molecule has 1 fully saturated rings. The zero-order chi connectivity index (χ0) is 22.6. The Hall–Kier alpha value is -2.76. The van der Waals surface area contributed by atoms with Crippen molar-refractivity contribution in [2.45, 2.75) is 58.4 Å². The lowest BCUT2D eigenvalue weighted by atomic mass is 9.98. The molecule has 0 unspecified atom stereocenters. The van der Waals surface area contributed by atoms with Crippen LogP contribution in [0.15, 0.2) is 58.1 Å². The van der Waals surface area contributed by atoms with Crippen molar-refractivity contribution in [1.82, 2.24) is 15.5 Å². The van der Waals surface area contributed by atoms with E-state index >= 15 is 0 Å². The smallest absolute Gasteiger partial charge is 0.225 e. The molecular formula is C26H38N4O2. The van der Waals surface area contributed by atoms with Gasteiger partial charge in [-0.25, -0.2) is 0 Å². The van der Waals surface area contributed by atoms with Crippen molar-refractivity contribution in [2.24, 2.45) is 10.9 Å². The number of guanidine groups is 1. The first-order chi connectivity index (χ1) is 15.7. The second-order valence-electron chi connectivity index (χ2n) is 8.48. The number of carbonyl (C=O) groups is 1. The van der Waals surface area contributed by atoms with Gasteiger partial charge in [-0.2, -0.15) is 0 Å². The average molecular weight is 439 g/mol. The number of benzene rings is 1. The fraction of sp³-hybridized carbons (Fsp3) is 0.538. The second kappa shape index (κ2) is 12.9. The van der Waals surface area contributed by atoms with Gasteiger partial charge < -0.3 is 20.0 Å². The zero-order valence-electron chi connectivity index (χ0n) is 19.6. The van der Waals surface area contributed by atoms with Gasteiger partial charge in [0.25, 0.3) is 0 Å². The Labute approximate surface area is 192 Å². The molecule has 0 atom stereocenters. The molecule has 0 aliphatic carbocycles. The van der Waals surface area contributed by atoms with Crippen molar-refractivity contribution in [3.05, 3.63) is 60.1 Å². The molecule has 32 heavy (non-hydrogen) atoms. The molecule has 6 nitrogen and oxygen atoms in total. The van der Waals surface area contributed by atoms with Crippen LogP contribution in [0.1, 0.15) is 50.9 Å². The fourth-order valence-corrected chi connectivity index (χ4v) is 4.19. The van der Waals surface area contributed by atoms with Crippen molar-refractivity contribution in [3.63, 3.8) is 0 Å². The highest BCUT2D eigenvalue weighted by Gasteiger charge is 2.26. The minimum Gasteiger partial charge on any atom is -0.469 e. The first kappa shape index (κ1) is 23.9. The topological polar surface area (TPSA) is 69.9 Å². The number of likely N-dealkylation sites (tertiary alicyclic amines) is 1. The van der Waals surface area contributed by atoms with Crippen molar-refractivity contribution in [3.8, 4) is 0 Å². The maximum absolute atomic E-state index is 12.7. The standard InChI is InChI=1S/C26H38N4O2/c1-3-22(4-2)25(31)30-18-14-23(15-19-30)29-26(28-17-13-24-11-8-20-32-24)27-16-12-21-9-6-5-7-10-21/h5-11,20,22-23H,3-4,12-19H2,1-2H3,(H2,27,28,29). The molecule has 1 aromatic carbocycles. The summed E-state index contributed by atoms with van der Waals surface area (Å²) in [5.41, 5.74) is 1.31. The summed E-state index contributed by atoms with van der Waals surface area (Å²) in [5.74, 6) is 2.28. The van der Waals surface area contributed by atoms with Crippen molar-refractivity contribution in [2.75, 3.05) is 26.2 Å². The molecule has 1 aliphatic heterocycles. The first-order valence-corrected chi connectivity index (χ1v) is 12.1. The minimum absolute atomic E-state index is 0.165. The molecule has 2 N–H and O–H groups in total. The summed E-state index contributed by atoms with van der Waals surface area (Å²) in [5, 5.41) is 7.10. The van der Waals surface area contributed by atoms with Gasteiger partial charge >= 0.3 is 0 Å². The van der Waals surface area contributed by atoms with Crippen LogP contribution >= 0.6 is 0 Å². The van der Waals surface area contributed by atoms with E-state index in [0.29, 0.717) is 18.5 Å². The number of carbonyl (C=O) groups excluding carboxylic acids is 1. The Morgan fingerprint density at radius 2 is 1.84 bits per heavy atom. The highest BCUT2D eigenvalue weighted by Crippen LogP contribution is 2.17. The van der Waals surface area contributed by atoms with Gasteiger partial charge in [-0.15, -0.1) is 0 Å². The monoisotopic (exact) mass is 438 g/mol. The number of piperidine rings is 1. The van der Waals surface area contributed by atoms with Crippen molar-refractivity contribution >= 4 is 11.9 Å². The molecule has 2 aromatic rings. The van der Waals surface area contributed by atoms with Gasteiger partial charge in [0.1, 0.15) is 5.76 Å². The van der Waals surface area contributed by atoms with E-state index < -0.39 is 0 Å². The molecule has 1 aliphatic rings. The summed E-state index contributed by atoms with van der Waals surface area (Å²) in [6.45, 7) is 7.33. The first-order valence-electron chi connectivity index (χ1n) is 12.1. The quantitative estimate of drug-likeness (QED) is 0.434. The van der Waals surface area contributed by atoms with E-state index in [-0.39, 0.29) is 5.92 Å². The number of nitrogens with zero attached hydrogens (tertiary/aromatic N) is 2. The van der Waals surface area contributed by atoms with Gasteiger partial charge in [-0.05, 0) is 49.8 Å². The largest absolute Gasteiger partial charge is 0.469 e. The highest BCUT2D eigenvalue weighted by atomic mass is 16.3. The summed E-state index contributed by atoms with van der Waals surface area (Å²) < 4.78 is 5.43. The summed E-state index contributed by atoms with van der Waals surface area (Å²) in [4.78, 5) is 19.5. The molecule has 0 bridgehead atoms. The Balaban J connectivity index is 1.51. The molecule has 6 heteroatoms. The number of furan rings is 1. The number of nitrogens with one attached hydrogen (secondary N) is 2. The number of aliphatic imine (C=N–C) groups is 1. The molecular weight excluding hydrogens is 400 g/mol. The predicted octanol–water partition coefficient (Wildman–Crippen LogP) is 4.03. The molecule has 174 valence electrons. The van der Waals surface area contributed by atoms with Gasteiger partial charge in [-0.1, -0.05) is 44.2 Å². The van der Waals surface area contributed by atoms with Crippen LogP contribution in [0.2, 0.25) is 0 Å². The molecule has 0 radical (unpaired) electrons. The second-order valence-corrected chi connectivity index (χ2v) is 8.48. The number of hydrogen-bond donors (Lipinski definition) is 2. The Morgan fingerprint density at radius 3 is 2.50 bits per heavy atom. The minimum atomic E-state index is 0.165. The highest BCUT2D eigenvalue weighted by molar-refractivity contribution is 5.80. The maximum Gasteiger partial charge on any atom is 0.225 e. The Kier molecular flexibility index (Phi) is 9.66. The molecule has 0 saturated carbocycles. The molecule has 1 amide bonds. The van der Waals surface area contributed by atoms with E-state index in [2.05, 4.69) is 48.7 Å². The molecule has 2 heterocycles. The van der Waals surface area contributed by atoms with E-state index in [1.54, 1.807) is 6.26 Å². The summed E-state index contributed by atoms with van der Waals surface area (Å²) in [6, 6.07) is 14.7. The third-order valence-electron chi connectivity index (χ3n) is 6.24. The van der Waals surface area contributed by atoms with Gasteiger partial charge in [0.05, 0.1) is 6.26 Å². The van der Waals surface area contributed by atoms with Crippen LogP contribution in [0.4, 0.5) is 0 Å². The number of rotatable bonds is 10.